The van der Waals surface area contributed by atoms with Gasteiger partial charge in [-0.05, 0) is 58.7 Å². The van der Waals surface area contributed by atoms with E-state index in [1.165, 1.54) is 45.2 Å². The van der Waals surface area contributed by atoms with E-state index in [-0.39, 0.29) is 0 Å². The molecule has 0 spiro atoms. The third-order valence-electron chi connectivity index (χ3n) is 5.18. The molecule has 2 bridgehead atoms. The molecule has 2 aliphatic heterocycles. The molecule has 0 radical (unpaired) electrons. The Bertz CT molecular complexity index is 276. The van der Waals surface area contributed by atoms with Gasteiger partial charge in [-0.2, -0.15) is 0 Å². The van der Waals surface area contributed by atoms with Crippen LogP contribution in [-0.4, -0.2) is 61.2 Å². The third-order valence-corrected chi connectivity index (χ3v) is 5.18. The van der Waals surface area contributed by atoms with Gasteiger partial charge in [-0.3, -0.25) is 4.90 Å². The predicted octanol–water partition coefficient (Wildman–Crippen LogP) is 2.57. The largest absolute Gasteiger partial charge is 0.314 e. The highest BCUT2D eigenvalue weighted by molar-refractivity contribution is 5.01. The van der Waals surface area contributed by atoms with Crippen LogP contribution in [0.2, 0.25) is 0 Å². The third kappa shape index (κ3) is 3.75. The first-order valence-electron chi connectivity index (χ1n) is 8.68. The predicted molar refractivity (Wildman–Crippen MR) is 87.1 cm³/mol. The molecule has 20 heavy (non-hydrogen) atoms. The normalized spacial score (nSPS) is 32.2. The first-order chi connectivity index (χ1) is 9.52. The highest BCUT2D eigenvalue weighted by atomic mass is 15.3. The molecule has 2 fully saturated rings. The number of nitrogens with one attached hydrogen (secondary N) is 1. The number of piperidine rings is 1. The summed E-state index contributed by atoms with van der Waals surface area (Å²) in [4.78, 5) is 5.26. The van der Waals surface area contributed by atoms with Crippen LogP contribution in [0.25, 0.3) is 0 Å². The van der Waals surface area contributed by atoms with Gasteiger partial charge in [-0.25, -0.2) is 0 Å². The molecule has 0 aromatic carbocycles. The highest BCUT2D eigenvalue weighted by Gasteiger charge is 2.44. The van der Waals surface area contributed by atoms with Gasteiger partial charge in [-0.15, -0.1) is 0 Å². The lowest BCUT2D eigenvalue weighted by Crippen LogP contribution is -2.56. The summed E-state index contributed by atoms with van der Waals surface area (Å²) in [6.07, 6.45) is 6.84. The van der Waals surface area contributed by atoms with E-state index in [2.05, 4.69) is 50.0 Å². The SMILES string of the molecule is CCCNC1CC2CCC(C1)N2C(CN(C)C)C(C)C. The zero-order valence-electron chi connectivity index (χ0n) is 14.2. The standard InChI is InChI=1S/C17H35N3/c1-6-9-18-14-10-15-7-8-16(11-14)20(15)17(13(2)3)12-19(4)5/h13-18H,6-12H2,1-5H3. The summed E-state index contributed by atoms with van der Waals surface area (Å²) in [6, 6.07) is 3.16. The van der Waals surface area contributed by atoms with Gasteiger partial charge in [0.05, 0.1) is 0 Å². The van der Waals surface area contributed by atoms with Crippen molar-refractivity contribution in [2.24, 2.45) is 5.92 Å². The fraction of sp³-hybridized carbons (Fsp3) is 1.00. The molecule has 0 amide bonds. The first-order valence-corrected chi connectivity index (χ1v) is 8.68. The molecule has 3 heteroatoms. The smallest absolute Gasteiger partial charge is 0.0251 e. The zero-order chi connectivity index (χ0) is 14.7. The number of rotatable bonds is 7. The topological polar surface area (TPSA) is 18.5 Å². The molecule has 2 aliphatic rings. The molecule has 3 atom stereocenters. The number of likely N-dealkylation sites (N-methyl/N-ethyl adjacent to an activating group) is 1. The Morgan fingerprint density at radius 2 is 1.75 bits per heavy atom. The van der Waals surface area contributed by atoms with E-state index < -0.39 is 0 Å². The number of hydrogen-bond donors (Lipinski definition) is 1. The van der Waals surface area contributed by atoms with Crippen molar-refractivity contribution in [3.05, 3.63) is 0 Å². The van der Waals surface area contributed by atoms with Crippen LogP contribution >= 0.6 is 0 Å². The van der Waals surface area contributed by atoms with Gasteiger partial charge in [0.1, 0.15) is 0 Å². The first kappa shape index (κ1) is 16.3. The van der Waals surface area contributed by atoms with Crippen LogP contribution < -0.4 is 5.32 Å². The maximum Gasteiger partial charge on any atom is 0.0251 e. The second-order valence-corrected chi connectivity index (χ2v) is 7.53. The summed E-state index contributed by atoms with van der Waals surface area (Å²) < 4.78 is 0. The monoisotopic (exact) mass is 281 g/mol. The van der Waals surface area contributed by atoms with E-state index in [1.54, 1.807) is 0 Å². The molecule has 118 valence electrons. The van der Waals surface area contributed by atoms with Gasteiger partial charge < -0.3 is 10.2 Å². The molecule has 0 aliphatic carbocycles. The van der Waals surface area contributed by atoms with E-state index in [1.807, 2.05) is 0 Å². The maximum atomic E-state index is 3.76. The Labute approximate surface area is 126 Å². The van der Waals surface area contributed by atoms with E-state index >= 15 is 0 Å². The van der Waals surface area contributed by atoms with Crippen molar-refractivity contribution in [2.75, 3.05) is 27.2 Å². The molecule has 1 N–H and O–H groups in total. The van der Waals surface area contributed by atoms with Gasteiger partial charge in [0, 0.05) is 30.7 Å². The van der Waals surface area contributed by atoms with Crippen molar-refractivity contribution in [2.45, 2.75) is 77.0 Å². The second-order valence-electron chi connectivity index (χ2n) is 7.53. The Morgan fingerprint density at radius 3 is 2.20 bits per heavy atom. The minimum Gasteiger partial charge on any atom is -0.314 e. The average molecular weight is 281 g/mol. The minimum absolute atomic E-state index is 0.731. The van der Waals surface area contributed by atoms with E-state index in [0.717, 1.165) is 30.1 Å². The number of nitrogens with zero attached hydrogens (tertiary/aromatic N) is 2. The van der Waals surface area contributed by atoms with Crippen molar-refractivity contribution in [1.82, 2.24) is 15.1 Å². The summed E-state index contributed by atoms with van der Waals surface area (Å²) in [7, 11) is 4.43. The molecule has 0 aromatic heterocycles. The minimum atomic E-state index is 0.731. The zero-order valence-corrected chi connectivity index (χ0v) is 14.2. The van der Waals surface area contributed by atoms with Crippen molar-refractivity contribution < 1.29 is 0 Å². The summed E-state index contributed by atoms with van der Waals surface area (Å²) in [6.45, 7) is 9.46. The van der Waals surface area contributed by atoms with Gasteiger partial charge in [0.15, 0.2) is 0 Å². The van der Waals surface area contributed by atoms with Crippen LogP contribution in [-0.2, 0) is 0 Å². The lowest BCUT2D eigenvalue weighted by atomic mass is 9.91. The Balaban J connectivity index is 1.99. The van der Waals surface area contributed by atoms with Crippen LogP contribution in [0.1, 0.15) is 52.9 Å². The molecule has 2 heterocycles. The van der Waals surface area contributed by atoms with Gasteiger partial charge >= 0.3 is 0 Å². The molecule has 2 rings (SSSR count). The van der Waals surface area contributed by atoms with Gasteiger partial charge in [-0.1, -0.05) is 20.8 Å². The highest BCUT2D eigenvalue weighted by Crippen LogP contribution is 2.38. The van der Waals surface area contributed by atoms with Crippen molar-refractivity contribution in [3.63, 3.8) is 0 Å². The van der Waals surface area contributed by atoms with E-state index in [9.17, 15) is 0 Å². The lowest BCUT2D eigenvalue weighted by molar-refractivity contribution is 0.0350. The second kappa shape index (κ2) is 7.24. The Hall–Kier alpha value is -0.120. The molecule has 3 nitrogen and oxygen atoms in total. The fourth-order valence-electron chi connectivity index (χ4n) is 4.29. The van der Waals surface area contributed by atoms with Gasteiger partial charge in [0.2, 0.25) is 0 Å². The lowest BCUT2D eigenvalue weighted by Gasteiger charge is -2.46. The molecule has 0 saturated carbocycles. The number of fused-ring (bicyclic) bond motifs is 2. The van der Waals surface area contributed by atoms with Crippen LogP contribution in [0.3, 0.4) is 0 Å². The van der Waals surface area contributed by atoms with Crippen LogP contribution in [0.4, 0.5) is 0 Å². The summed E-state index contributed by atoms with van der Waals surface area (Å²) in [5, 5.41) is 3.76. The van der Waals surface area contributed by atoms with Crippen LogP contribution in [0.15, 0.2) is 0 Å². The number of hydrogen-bond acceptors (Lipinski definition) is 3. The summed E-state index contributed by atoms with van der Waals surface area (Å²) in [5.74, 6) is 0.751. The molecular formula is C17H35N3. The van der Waals surface area contributed by atoms with Crippen LogP contribution in [0.5, 0.6) is 0 Å². The Kier molecular flexibility index (Phi) is 5.88. The summed E-state index contributed by atoms with van der Waals surface area (Å²) in [5.41, 5.74) is 0. The summed E-state index contributed by atoms with van der Waals surface area (Å²) >= 11 is 0. The van der Waals surface area contributed by atoms with Gasteiger partial charge in [0.25, 0.3) is 0 Å². The quantitative estimate of drug-likeness (QED) is 0.774. The Morgan fingerprint density at radius 1 is 1.15 bits per heavy atom. The molecular weight excluding hydrogens is 246 g/mol. The maximum absolute atomic E-state index is 3.76. The molecule has 0 aromatic rings. The van der Waals surface area contributed by atoms with Crippen LogP contribution in [0, 0.1) is 5.92 Å². The van der Waals surface area contributed by atoms with E-state index in [4.69, 9.17) is 0 Å². The average Bonchev–Trinajstić information content (AvgIpc) is 2.64. The fourth-order valence-corrected chi connectivity index (χ4v) is 4.29. The van der Waals surface area contributed by atoms with Crippen molar-refractivity contribution >= 4 is 0 Å². The molecule has 2 saturated heterocycles. The van der Waals surface area contributed by atoms with Crippen molar-refractivity contribution in [3.8, 4) is 0 Å². The van der Waals surface area contributed by atoms with Crippen molar-refractivity contribution in [1.29, 1.82) is 0 Å². The molecule has 3 unspecified atom stereocenters. The van der Waals surface area contributed by atoms with E-state index in [0.29, 0.717) is 0 Å².